The van der Waals surface area contributed by atoms with E-state index in [-0.39, 0.29) is 0 Å². The summed E-state index contributed by atoms with van der Waals surface area (Å²) < 4.78 is 5.27. The molecule has 1 aliphatic heterocycles. The van der Waals surface area contributed by atoms with Crippen molar-refractivity contribution in [1.29, 1.82) is 0 Å². The highest BCUT2D eigenvalue weighted by molar-refractivity contribution is 7.80. The van der Waals surface area contributed by atoms with Gasteiger partial charge in [0.2, 0.25) is 0 Å². The van der Waals surface area contributed by atoms with Gasteiger partial charge in [0.1, 0.15) is 5.75 Å². The van der Waals surface area contributed by atoms with Crippen molar-refractivity contribution < 1.29 is 4.74 Å². The first kappa shape index (κ1) is 19.9. The Kier molecular flexibility index (Phi) is 6.18. The summed E-state index contributed by atoms with van der Waals surface area (Å²) in [4.78, 5) is 9.32. The van der Waals surface area contributed by atoms with Crippen LogP contribution in [0.25, 0.3) is 11.3 Å². The van der Waals surface area contributed by atoms with Crippen LogP contribution in [0.4, 0.5) is 10.8 Å². The lowest BCUT2D eigenvalue weighted by Crippen LogP contribution is -2.50. The lowest BCUT2D eigenvalue weighted by atomic mass is 10.2. The van der Waals surface area contributed by atoms with Crippen molar-refractivity contribution in [3.05, 3.63) is 58.9 Å². The minimum atomic E-state index is 0.735. The maximum Gasteiger partial charge on any atom is 0.185 e. The molecule has 0 saturated carbocycles. The Morgan fingerprint density at radius 2 is 1.90 bits per heavy atom. The van der Waals surface area contributed by atoms with Crippen LogP contribution in [0.3, 0.4) is 0 Å². The molecular weight excluding hydrogens is 424 g/mol. The molecule has 5 nitrogen and oxygen atoms in total. The zero-order chi connectivity index (χ0) is 20.2. The molecule has 3 aromatic rings. The number of halogens is 1. The third kappa shape index (κ3) is 4.80. The highest BCUT2D eigenvalue weighted by atomic mass is 35.5. The van der Waals surface area contributed by atoms with E-state index >= 15 is 0 Å². The number of nitrogens with one attached hydrogen (secondary N) is 1. The number of nitrogens with zero attached hydrogens (tertiary/aromatic N) is 3. The van der Waals surface area contributed by atoms with E-state index in [1.54, 1.807) is 18.4 Å². The second-order valence-corrected chi connectivity index (χ2v) is 8.32. The summed E-state index contributed by atoms with van der Waals surface area (Å²) in [6.45, 7) is 3.47. The molecule has 4 rings (SSSR count). The SMILES string of the molecule is COc1cccc(NC(=S)N2CCN(c3nc(-c4ccc(Cl)cc4)cs3)CC2)c1. The van der Waals surface area contributed by atoms with Crippen LogP contribution in [-0.4, -0.2) is 48.3 Å². The van der Waals surface area contributed by atoms with Gasteiger partial charge >= 0.3 is 0 Å². The van der Waals surface area contributed by atoms with Crippen molar-refractivity contribution in [2.24, 2.45) is 0 Å². The number of hydrogen-bond donors (Lipinski definition) is 1. The molecule has 1 aromatic heterocycles. The third-order valence-electron chi connectivity index (χ3n) is 4.79. The Morgan fingerprint density at radius 1 is 1.14 bits per heavy atom. The lowest BCUT2D eigenvalue weighted by molar-refractivity contribution is 0.390. The first-order valence-electron chi connectivity index (χ1n) is 9.29. The van der Waals surface area contributed by atoms with Gasteiger partial charge in [0.15, 0.2) is 10.2 Å². The molecule has 1 fully saturated rings. The fourth-order valence-corrected chi connectivity index (χ4v) is 4.48. The Morgan fingerprint density at radius 3 is 2.62 bits per heavy atom. The summed E-state index contributed by atoms with van der Waals surface area (Å²) in [5.74, 6) is 0.808. The van der Waals surface area contributed by atoms with E-state index in [0.29, 0.717) is 0 Å². The first-order valence-corrected chi connectivity index (χ1v) is 11.0. The summed E-state index contributed by atoms with van der Waals surface area (Å²) in [6.07, 6.45) is 0. The van der Waals surface area contributed by atoms with E-state index in [1.165, 1.54) is 0 Å². The smallest absolute Gasteiger partial charge is 0.185 e. The van der Waals surface area contributed by atoms with E-state index < -0.39 is 0 Å². The number of thiazole rings is 1. The molecule has 0 amide bonds. The first-order chi connectivity index (χ1) is 14.1. The fraction of sp³-hybridized carbons (Fsp3) is 0.238. The molecule has 0 unspecified atom stereocenters. The number of methoxy groups -OCH3 is 1. The van der Waals surface area contributed by atoms with Gasteiger partial charge in [-0.2, -0.15) is 0 Å². The van der Waals surface area contributed by atoms with Crippen LogP contribution < -0.4 is 15.0 Å². The summed E-state index contributed by atoms with van der Waals surface area (Å²) in [5.41, 5.74) is 3.00. The van der Waals surface area contributed by atoms with Gasteiger partial charge in [-0.1, -0.05) is 29.8 Å². The monoisotopic (exact) mass is 444 g/mol. The largest absolute Gasteiger partial charge is 0.497 e. The summed E-state index contributed by atoms with van der Waals surface area (Å²) >= 11 is 13.3. The number of piperazine rings is 1. The topological polar surface area (TPSA) is 40.6 Å². The highest BCUT2D eigenvalue weighted by Crippen LogP contribution is 2.29. The molecule has 0 bridgehead atoms. The normalized spacial score (nSPS) is 14.0. The van der Waals surface area contributed by atoms with E-state index in [1.807, 2.05) is 48.5 Å². The van der Waals surface area contributed by atoms with Crippen molar-refractivity contribution in [1.82, 2.24) is 9.88 Å². The molecule has 0 aliphatic carbocycles. The average molecular weight is 445 g/mol. The molecule has 29 heavy (non-hydrogen) atoms. The van der Waals surface area contributed by atoms with Crippen LogP contribution in [0.2, 0.25) is 5.02 Å². The molecule has 0 atom stereocenters. The maximum atomic E-state index is 5.98. The minimum Gasteiger partial charge on any atom is -0.497 e. The average Bonchev–Trinajstić information content (AvgIpc) is 3.25. The Hall–Kier alpha value is -2.35. The molecule has 0 spiro atoms. The number of thiocarbonyl (C=S) groups is 1. The van der Waals surface area contributed by atoms with Crippen molar-refractivity contribution in [3.63, 3.8) is 0 Å². The summed E-state index contributed by atoms with van der Waals surface area (Å²) in [6, 6.07) is 15.6. The van der Waals surface area contributed by atoms with Crippen LogP contribution in [0.5, 0.6) is 5.75 Å². The van der Waals surface area contributed by atoms with Crippen LogP contribution in [0.15, 0.2) is 53.9 Å². The number of hydrogen-bond acceptors (Lipinski definition) is 5. The molecule has 2 aromatic carbocycles. The highest BCUT2D eigenvalue weighted by Gasteiger charge is 2.21. The van der Waals surface area contributed by atoms with Gasteiger partial charge in [0.05, 0.1) is 12.8 Å². The summed E-state index contributed by atoms with van der Waals surface area (Å²) in [5, 5.41) is 7.92. The fourth-order valence-electron chi connectivity index (χ4n) is 3.17. The second-order valence-electron chi connectivity index (χ2n) is 6.66. The van der Waals surface area contributed by atoms with Gasteiger partial charge < -0.3 is 19.9 Å². The quantitative estimate of drug-likeness (QED) is 0.571. The Labute approximate surface area is 184 Å². The minimum absolute atomic E-state index is 0.735. The Bertz CT molecular complexity index is 984. The molecule has 2 heterocycles. The number of ether oxygens (including phenoxy) is 1. The number of rotatable bonds is 4. The van der Waals surface area contributed by atoms with Crippen molar-refractivity contribution in [2.75, 3.05) is 43.5 Å². The van der Waals surface area contributed by atoms with E-state index in [0.717, 1.165) is 64.1 Å². The number of benzene rings is 2. The van der Waals surface area contributed by atoms with Crippen LogP contribution >= 0.6 is 35.2 Å². The van der Waals surface area contributed by atoms with Gasteiger partial charge in [-0.25, -0.2) is 4.98 Å². The van der Waals surface area contributed by atoms with Gasteiger partial charge in [-0.15, -0.1) is 11.3 Å². The van der Waals surface area contributed by atoms with Gasteiger partial charge in [-0.05, 0) is 36.5 Å². The van der Waals surface area contributed by atoms with E-state index in [9.17, 15) is 0 Å². The van der Waals surface area contributed by atoms with E-state index in [2.05, 4.69) is 20.5 Å². The predicted molar refractivity (Wildman–Crippen MR) is 126 cm³/mol. The molecule has 150 valence electrons. The standard InChI is InChI=1S/C21H21ClN4OS2/c1-27-18-4-2-3-17(13-18)23-20(28)25-9-11-26(12-10-25)21-24-19(14-29-21)15-5-7-16(22)8-6-15/h2-8,13-14H,9-12H2,1H3,(H,23,28). The van der Waals surface area contributed by atoms with Gasteiger partial charge in [0.25, 0.3) is 0 Å². The van der Waals surface area contributed by atoms with Gasteiger partial charge in [-0.3, -0.25) is 0 Å². The van der Waals surface area contributed by atoms with Crippen LogP contribution in [0, 0.1) is 0 Å². The van der Waals surface area contributed by atoms with Crippen molar-refractivity contribution in [2.45, 2.75) is 0 Å². The maximum absolute atomic E-state index is 5.98. The molecule has 8 heteroatoms. The number of anilines is 2. The molecule has 1 saturated heterocycles. The molecule has 1 aliphatic rings. The second kappa shape index (κ2) is 8.98. The molecule has 0 radical (unpaired) electrons. The lowest BCUT2D eigenvalue weighted by Gasteiger charge is -2.36. The van der Waals surface area contributed by atoms with Crippen LogP contribution in [0.1, 0.15) is 0 Å². The molecular formula is C21H21ClN4OS2. The van der Waals surface area contributed by atoms with Crippen LogP contribution in [-0.2, 0) is 0 Å². The summed E-state index contributed by atoms with van der Waals surface area (Å²) in [7, 11) is 1.66. The third-order valence-corrected chi connectivity index (χ3v) is 6.30. The predicted octanol–water partition coefficient (Wildman–Crippen LogP) is 4.99. The number of aromatic nitrogens is 1. The van der Waals surface area contributed by atoms with E-state index in [4.69, 9.17) is 33.5 Å². The van der Waals surface area contributed by atoms with Gasteiger partial charge in [0, 0.05) is 53.9 Å². The molecule has 1 N–H and O–H groups in total. The zero-order valence-electron chi connectivity index (χ0n) is 16.0. The van der Waals surface area contributed by atoms with Crippen molar-refractivity contribution >= 4 is 51.1 Å². The zero-order valence-corrected chi connectivity index (χ0v) is 18.4. The Balaban J connectivity index is 1.34. The van der Waals surface area contributed by atoms with Crippen molar-refractivity contribution in [3.8, 4) is 17.0 Å².